The zero-order chi connectivity index (χ0) is 23.4. The van der Waals surface area contributed by atoms with Gasteiger partial charge in [-0.15, -0.1) is 5.11 Å². The molecular formula is C20H20N8O4S. The van der Waals surface area contributed by atoms with Crippen LogP contribution >= 0.6 is 0 Å². The van der Waals surface area contributed by atoms with Crippen LogP contribution in [0.3, 0.4) is 0 Å². The average molecular weight is 468 g/mol. The molecule has 0 aliphatic carbocycles. The summed E-state index contributed by atoms with van der Waals surface area (Å²) in [5.74, 6) is 1.85. The maximum atomic E-state index is 12.5. The molecule has 13 heteroatoms. The molecule has 0 atom stereocenters. The topological polar surface area (TPSA) is 173 Å². The second kappa shape index (κ2) is 9.00. The lowest BCUT2D eigenvalue weighted by Crippen LogP contribution is -2.13. The van der Waals surface area contributed by atoms with Crippen LogP contribution in [0, 0.1) is 6.92 Å². The van der Waals surface area contributed by atoms with Gasteiger partial charge < -0.3 is 20.3 Å². The minimum atomic E-state index is -3.82. The number of ether oxygens (including phenoxy) is 1. The van der Waals surface area contributed by atoms with Crippen LogP contribution in [0.1, 0.15) is 5.76 Å². The SMILES string of the molecule is COc1ccc(N=Nc2c(Nc3ccc(S(=O)(=O)Nc4cc(C)on4)cc3)n[nH]c2N)cc1. The smallest absolute Gasteiger partial charge is 0.263 e. The highest BCUT2D eigenvalue weighted by Gasteiger charge is 2.17. The van der Waals surface area contributed by atoms with Crippen molar-refractivity contribution in [3.05, 3.63) is 60.4 Å². The van der Waals surface area contributed by atoms with Crippen molar-refractivity contribution in [2.45, 2.75) is 11.8 Å². The van der Waals surface area contributed by atoms with E-state index in [0.717, 1.165) is 0 Å². The molecule has 0 spiro atoms. The van der Waals surface area contributed by atoms with E-state index in [1.54, 1.807) is 50.4 Å². The molecule has 2 heterocycles. The number of anilines is 4. The van der Waals surface area contributed by atoms with Crippen molar-refractivity contribution >= 4 is 44.5 Å². The molecule has 0 bridgehead atoms. The van der Waals surface area contributed by atoms with E-state index in [-0.39, 0.29) is 16.5 Å². The fraction of sp³-hybridized carbons (Fsp3) is 0.100. The molecule has 0 unspecified atom stereocenters. The van der Waals surface area contributed by atoms with Gasteiger partial charge in [0.25, 0.3) is 10.0 Å². The fourth-order valence-electron chi connectivity index (χ4n) is 2.76. The highest BCUT2D eigenvalue weighted by Crippen LogP contribution is 2.33. The Morgan fingerprint density at radius 2 is 1.82 bits per heavy atom. The van der Waals surface area contributed by atoms with E-state index in [2.05, 4.69) is 35.6 Å². The number of nitrogens with two attached hydrogens (primary N) is 1. The van der Waals surface area contributed by atoms with Crippen molar-refractivity contribution < 1.29 is 17.7 Å². The first-order chi connectivity index (χ1) is 15.8. The van der Waals surface area contributed by atoms with Gasteiger partial charge in [-0.3, -0.25) is 9.82 Å². The van der Waals surface area contributed by atoms with Crippen LogP contribution in [0.5, 0.6) is 5.75 Å². The Hall–Kier alpha value is -4.39. The molecule has 0 saturated carbocycles. The minimum Gasteiger partial charge on any atom is -0.497 e. The second-order valence-electron chi connectivity index (χ2n) is 6.81. The van der Waals surface area contributed by atoms with E-state index in [9.17, 15) is 8.42 Å². The van der Waals surface area contributed by atoms with E-state index in [1.807, 2.05) is 0 Å². The summed E-state index contributed by atoms with van der Waals surface area (Å²) >= 11 is 0. The standard InChI is InChI=1S/C20H20N8O4S/c1-12-11-17(27-32-12)28-33(29,30)16-9-5-13(6-10-16)22-20-18(19(21)25-26-20)24-23-14-3-7-15(31-2)8-4-14/h3-11H,1-2H3,(H,27,28)(H4,21,22,25,26). The van der Waals surface area contributed by atoms with Gasteiger partial charge in [0.05, 0.1) is 17.7 Å². The molecule has 12 nitrogen and oxygen atoms in total. The monoisotopic (exact) mass is 468 g/mol. The molecule has 0 fully saturated rings. The van der Waals surface area contributed by atoms with Gasteiger partial charge in [-0.05, 0) is 55.5 Å². The number of aromatic amines is 1. The number of hydrogen-bond donors (Lipinski definition) is 4. The lowest BCUT2D eigenvalue weighted by Gasteiger charge is -2.07. The summed E-state index contributed by atoms with van der Waals surface area (Å²) in [4.78, 5) is 0.0506. The molecule has 4 rings (SSSR count). The number of hydrogen-bond acceptors (Lipinski definition) is 10. The Labute approximate surface area is 188 Å². The molecule has 33 heavy (non-hydrogen) atoms. The number of nitrogens with one attached hydrogen (secondary N) is 3. The number of nitrogens with zero attached hydrogens (tertiary/aromatic N) is 4. The van der Waals surface area contributed by atoms with Gasteiger partial charge in [-0.25, -0.2) is 8.42 Å². The van der Waals surface area contributed by atoms with Gasteiger partial charge in [-0.2, -0.15) is 10.2 Å². The Morgan fingerprint density at radius 1 is 1.09 bits per heavy atom. The molecule has 0 radical (unpaired) electrons. The Morgan fingerprint density at radius 3 is 2.45 bits per heavy atom. The molecule has 2 aromatic heterocycles. The minimum absolute atomic E-state index is 0.0506. The van der Waals surface area contributed by atoms with Gasteiger partial charge in [0.1, 0.15) is 17.3 Å². The Balaban J connectivity index is 1.49. The number of sulfonamides is 1. The maximum absolute atomic E-state index is 12.5. The first kappa shape index (κ1) is 21.8. The van der Waals surface area contributed by atoms with Crippen molar-refractivity contribution in [3.63, 3.8) is 0 Å². The number of methoxy groups -OCH3 is 1. The largest absolute Gasteiger partial charge is 0.497 e. The average Bonchev–Trinajstić information content (AvgIpc) is 3.37. The van der Waals surface area contributed by atoms with Crippen molar-refractivity contribution in [1.29, 1.82) is 0 Å². The third-order valence-electron chi connectivity index (χ3n) is 4.40. The van der Waals surface area contributed by atoms with Crippen molar-refractivity contribution in [1.82, 2.24) is 15.4 Å². The number of azo groups is 1. The summed E-state index contributed by atoms with van der Waals surface area (Å²) in [7, 11) is -2.24. The van der Waals surface area contributed by atoms with Crippen LogP contribution < -0.4 is 20.5 Å². The molecule has 5 N–H and O–H groups in total. The summed E-state index contributed by atoms with van der Waals surface area (Å²) in [6, 6.07) is 14.5. The van der Waals surface area contributed by atoms with E-state index >= 15 is 0 Å². The van der Waals surface area contributed by atoms with Gasteiger partial charge in [-0.1, -0.05) is 5.16 Å². The summed E-state index contributed by atoms with van der Waals surface area (Å²) < 4.78 is 37.4. The summed E-state index contributed by atoms with van der Waals surface area (Å²) in [6.45, 7) is 1.66. The predicted octanol–water partition coefficient (Wildman–Crippen LogP) is 4.26. The number of rotatable bonds is 8. The molecule has 0 aliphatic rings. The zero-order valence-corrected chi connectivity index (χ0v) is 18.4. The predicted molar refractivity (Wildman–Crippen MR) is 122 cm³/mol. The van der Waals surface area contributed by atoms with Gasteiger partial charge in [0.2, 0.25) is 0 Å². The van der Waals surface area contributed by atoms with E-state index < -0.39 is 10.0 Å². The number of nitrogen functional groups attached to an aromatic ring is 1. The van der Waals surface area contributed by atoms with E-state index in [0.29, 0.717) is 34.4 Å². The number of benzene rings is 2. The summed E-state index contributed by atoms with van der Waals surface area (Å²) in [6.07, 6.45) is 0. The van der Waals surface area contributed by atoms with E-state index in [4.69, 9.17) is 15.0 Å². The van der Waals surface area contributed by atoms with Crippen LogP contribution in [0.25, 0.3) is 0 Å². The summed E-state index contributed by atoms with van der Waals surface area (Å²) in [5.41, 5.74) is 7.41. The van der Waals surface area contributed by atoms with Crippen LogP contribution in [0.2, 0.25) is 0 Å². The Bertz CT molecular complexity index is 1380. The van der Waals surface area contributed by atoms with Crippen LogP contribution in [0.4, 0.5) is 34.5 Å². The normalized spacial score (nSPS) is 11.6. The zero-order valence-electron chi connectivity index (χ0n) is 17.6. The van der Waals surface area contributed by atoms with Gasteiger partial charge in [0, 0.05) is 11.8 Å². The second-order valence-corrected chi connectivity index (χ2v) is 8.49. The van der Waals surface area contributed by atoms with Crippen molar-refractivity contribution in [2.75, 3.05) is 22.9 Å². The quantitative estimate of drug-likeness (QED) is 0.278. The lowest BCUT2D eigenvalue weighted by atomic mass is 10.3. The highest BCUT2D eigenvalue weighted by molar-refractivity contribution is 7.92. The first-order valence-corrected chi connectivity index (χ1v) is 11.1. The number of aromatic nitrogens is 3. The fourth-order valence-corrected chi connectivity index (χ4v) is 3.74. The molecule has 0 saturated heterocycles. The lowest BCUT2D eigenvalue weighted by molar-refractivity contribution is 0.400. The van der Waals surface area contributed by atoms with E-state index in [1.165, 1.54) is 18.2 Å². The number of aryl methyl sites for hydroxylation is 1. The molecule has 0 amide bonds. The summed E-state index contributed by atoms with van der Waals surface area (Å²) in [5, 5.41) is 21.8. The number of H-pyrrole nitrogens is 1. The third kappa shape index (κ3) is 5.10. The molecule has 0 aliphatic heterocycles. The molecule has 170 valence electrons. The van der Waals surface area contributed by atoms with Crippen LogP contribution in [0.15, 0.2) is 74.2 Å². The highest BCUT2D eigenvalue weighted by atomic mass is 32.2. The maximum Gasteiger partial charge on any atom is 0.263 e. The first-order valence-electron chi connectivity index (χ1n) is 9.57. The molecular weight excluding hydrogens is 448 g/mol. The third-order valence-corrected chi connectivity index (χ3v) is 5.77. The Kier molecular flexibility index (Phi) is 5.95. The van der Waals surface area contributed by atoms with Crippen LogP contribution in [-0.2, 0) is 10.0 Å². The van der Waals surface area contributed by atoms with Gasteiger partial charge >= 0.3 is 0 Å². The van der Waals surface area contributed by atoms with Crippen LogP contribution in [-0.4, -0.2) is 30.9 Å². The van der Waals surface area contributed by atoms with Crippen molar-refractivity contribution in [3.8, 4) is 5.75 Å². The molecule has 2 aromatic carbocycles. The van der Waals surface area contributed by atoms with Crippen molar-refractivity contribution in [2.24, 2.45) is 10.2 Å². The molecule has 4 aromatic rings. The van der Waals surface area contributed by atoms with Gasteiger partial charge in [0.15, 0.2) is 17.3 Å².